The molecule has 0 aromatic heterocycles. The van der Waals surface area contributed by atoms with Crippen molar-refractivity contribution in [2.45, 2.75) is 13.8 Å². The summed E-state index contributed by atoms with van der Waals surface area (Å²) in [4.78, 5) is 12.1. The van der Waals surface area contributed by atoms with E-state index < -0.39 is 51.8 Å². The van der Waals surface area contributed by atoms with Gasteiger partial charge in [0.25, 0.3) is 0 Å². The number of hydrogen-bond donors (Lipinski definition) is 0. The number of aryl methyl sites for hydroxylation is 2. The zero-order valence-corrected chi connectivity index (χ0v) is 11.3. The number of ketones is 1. The third kappa shape index (κ3) is 2.36. The molecule has 2 rings (SSSR count). The lowest BCUT2D eigenvalue weighted by Crippen LogP contribution is -2.13. The number of hydrogen-bond acceptors (Lipinski definition) is 1. The van der Waals surface area contributed by atoms with E-state index in [1.54, 1.807) is 0 Å². The standard InChI is InChI=1S/C15H8F6O/c1-5-3-7(11(18)13(20)9(5)16)15(22)8-4-6(2)10(17)14(21)12(8)19/h3-4H,1-2H3. The van der Waals surface area contributed by atoms with Gasteiger partial charge in [0.2, 0.25) is 0 Å². The lowest BCUT2D eigenvalue weighted by Gasteiger charge is -2.09. The molecule has 116 valence electrons. The highest BCUT2D eigenvalue weighted by Crippen LogP contribution is 2.25. The normalized spacial score (nSPS) is 10.9. The summed E-state index contributed by atoms with van der Waals surface area (Å²) in [5, 5.41) is 0. The van der Waals surface area contributed by atoms with Gasteiger partial charge in [0, 0.05) is 0 Å². The van der Waals surface area contributed by atoms with Crippen molar-refractivity contribution in [3.63, 3.8) is 0 Å². The maximum atomic E-state index is 13.7. The maximum absolute atomic E-state index is 13.7. The SMILES string of the molecule is Cc1cc(C(=O)c2cc(C)c(F)c(F)c2F)c(F)c(F)c1F. The molecule has 0 saturated heterocycles. The number of halogens is 6. The number of carbonyl (C=O) groups is 1. The molecule has 0 N–H and O–H groups in total. The maximum Gasteiger partial charge on any atom is 0.199 e. The van der Waals surface area contributed by atoms with Crippen molar-refractivity contribution >= 4 is 5.78 Å². The molecule has 0 aliphatic rings. The number of carbonyl (C=O) groups excluding carboxylic acids is 1. The van der Waals surface area contributed by atoms with Crippen LogP contribution in [0, 0.1) is 48.8 Å². The van der Waals surface area contributed by atoms with Crippen LogP contribution in [-0.2, 0) is 0 Å². The Hall–Kier alpha value is -2.31. The molecule has 0 spiro atoms. The summed E-state index contributed by atoms with van der Waals surface area (Å²) < 4.78 is 80.3. The van der Waals surface area contributed by atoms with Gasteiger partial charge in [0.05, 0.1) is 11.1 Å². The van der Waals surface area contributed by atoms with E-state index in [0.29, 0.717) is 12.1 Å². The highest BCUT2D eigenvalue weighted by Gasteiger charge is 2.27. The summed E-state index contributed by atoms with van der Waals surface area (Å²) >= 11 is 0. The average Bonchev–Trinajstić information content (AvgIpc) is 2.49. The van der Waals surface area contributed by atoms with E-state index in [4.69, 9.17) is 0 Å². The molecule has 0 bridgehead atoms. The van der Waals surface area contributed by atoms with Crippen LogP contribution in [0.4, 0.5) is 26.3 Å². The lowest BCUT2D eigenvalue weighted by atomic mass is 9.98. The second-order valence-corrected chi connectivity index (χ2v) is 4.70. The van der Waals surface area contributed by atoms with Crippen molar-refractivity contribution in [3.8, 4) is 0 Å². The number of rotatable bonds is 2. The van der Waals surface area contributed by atoms with Crippen LogP contribution in [0.2, 0.25) is 0 Å². The average molecular weight is 318 g/mol. The van der Waals surface area contributed by atoms with Crippen LogP contribution in [-0.4, -0.2) is 5.78 Å². The van der Waals surface area contributed by atoms with Crippen LogP contribution in [0.1, 0.15) is 27.0 Å². The van der Waals surface area contributed by atoms with Crippen molar-refractivity contribution in [2.24, 2.45) is 0 Å². The van der Waals surface area contributed by atoms with E-state index in [-0.39, 0.29) is 11.1 Å². The van der Waals surface area contributed by atoms with Crippen molar-refractivity contribution in [2.75, 3.05) is 0 Å². The van der Waals surface area contributed by atoms with E-state index in [1.165, 1.54) is 0 Å². The molecule has 0 unspecified atom stereocenters. The summed E-state index contributed by atoms with van der Waals surface area (Å²) in [6.07, 6.45) is 0. The Morgan fingerprint density at radius 3 is 1.27 bits per heavy atom. The van der Waals surface area contributed by atoms with Crippen LogP contribution in [0.3, 0.4) is 0 Å². The van der Waals surface area contributed by atoms with E-state index in [0.717, 1.165) is 13.8 Å². The smallest absolute Gasteiger partial charge is 0.199 e. The summed E-state index contributed by atoms with van der Waals surface area (Å²) in [5.74, 6) is -11.8. The van der Waals surface area contributed by atoms with E-state index in [2.05, 4.69) is 0 Å². The van der Waals surface area contributed by atoms with Gasteiger partial charge in [-0.05, 0) is 37.1 Å². The quantitative estimate of drug-likeness (QED) is 0.456. The van der Waals surface area contributed by atoms with Gasteiger partial charge in [-0.3, -0.25) is 4.79 Å². The second-order valence-electron chi connectivity index (χ2n) is 4.70. The molecule has 2 aromatic rings. The van der Waals surface area contributed by atoms with Gasteiger partial charge >= 0.3 is 0 Å². The van der Waals surface area contributed by atoms with Crippen LogP contribution in [0.5, 0.6) is 0 Å². The summed E-state index contributed by atoms with van der Waals surface area (Å²) in [6, 6.07) is 1.35. The van der Waals surface area contributed by atoms with Crippen LogP contribution >= 0.6 is 0 Å². The van der Waals surface area contributed by atoms with Crippen LogP contribution < -0.4 is 0 Å². The minimum atomic E-state index is -1.90. The third-order valence-electron chi connectivity index (χ3n) is 3.15. The van der Waals surface area contributed by atoms with Gasteiger partial charge in [0.15, 0.2) is 40.7 Å². The Labute approximate surface area is 121 Å². The van der Waals surface area contributed by atoms with Crippen LogP contribution in [0.25, 0.3) is 0 Å². The summed E-state index contributed by atoms with van der Waals surface area (Å²) in [6.45, 7) is 2.14. The van der Waals surface area contributed by atoms with Crippen molar-refractivity contribution in [3.05, 3.63) is 69.3 Å². The lowest BCUT2D eigenvalue weighted by molar-refractivity contribution is 0.102. The predicted molar refractivity (Wildman–Crippen MR) is 65.5 cm³/mol. The highest BCUT2D eigenvalue weighted by molar-refractivity contribution is 6.09. The Kier molecular flexibility index (Phi) is 4.00. The van der Waals surface area contributed by atoms with E-state index >= 15 is 0 Å². The fourth-order valence-corrected chi connectivity index (χ4v) is 1.94. The molecule has 0 aliphatic carbocycles. The molecule has 0 radical (unpaired) electrons. The fraction of sp³-hybridized carbons (Fsp3) is 0.133. The Balaban J connectivity index is 2.69. The molecule has 0 atom stereocenters. The zero-order chi connectivity index (χ0) is 16.8. The Bertz CT molecular complexity index is 732. The molecule has 0 aliphatic heterocycles. The minimum Gasteiger partial charge on any atom is -0.288 e. The monoisotopic (exact) mass is 318 g/mol. The first-order valence-electron chi connectivity index (χ1n) is 5.99. The van der Waals surface area contributed by atoms with Crippen molar-refractivity contribution in [1.82, 2.24) is 0 Å². The molecule has 0 saturated carbocycles. The minimum absolute atomic E-state index is 0.387. The first-order valence-corrected chi connectivity index (χ1v) is 5.99. The zero-order valence-electron chi connectivity index (χ0n) is 11.3. The Morgan fingerprint density at radius 2 is 0.955 bits per heavy atom. The van der Waals surface area contributed by atoms with Gasteiger partial charge in [0.1, 0.15) is 0 Å². The number of benzene rings is 2. The van der Waals surface area contributed by atoms with Gasteiger partial charge in [-0.1, -0.05) is 0 Å². The van der Waals surface area contributed by atoms with Gasteiger partial charge in [-0.25, -0.2) is 26.3 Å². The highest BCUT2D eigenvalue weighted by atomic mass is 19.2. The second kappa shape index (κ2) is 5.47. The van der Waals surface area contributed by atoms with Gasteiger partial charge in [-0.2, -0.15) is 0 Å². The van der Waals surface area contributed by atoms with Crippen molar-refractivity contribution < 1.29 is 31.1 Å². The first-order chi connectivity index (χ1) is 10.2. The largest absolute Gasteiger partial charge is 0.288 e. The van der Waals surface area contributed by atoms with E-state index in [9.17, 15) is 31.1 Å². The fourth-order valence-electron chi connectivity index (χ4n) is 1.94. The predicted octanol–water partition coefficient (Wildman–Crippen LogP) is 4.37. The van der Waals surface area contributed by atoms with Gasteiger partial charge in [-0.15, -0.1) is 0 Å². The molecule has 7 heteroatoms. The van der Waals surface area contributed by atoms with Gasteiger partial charge < -0.3 is 0 Å². The molecule has 0 fully saturated rings. The summed E-state index contributed by atoms with van der Waals surface area (Å²) in [5.41, 5.74) is -2.72. The molecule has 22 heavy (non-hydrogen) atoms. The molecule has 1 nitrogen and oxygen atoms in total. The summed E-state index contributed by atoms with van der Waals surface area (Å²) in [7, 11) is 0. The molecule has 0 heterocycles. The molecule has 2 aromatic carbocycles. The van der Waals surface area contributed by atoms with E-state index in [1.807, 2.05) is 0 Å². The first kappa shape index (κ1) is 16.1. The molecular weight excluding hydrogens is 310 g/mol. The van der Waals surface area contributed by atoms with Crippen LogP contribution in [0.15, 0.2) is 12.1 Å². The topological polar surface area (TPSA) is 17.1 Å². The Morgan fingerprint density at radius 1 is 0.636 bits per heavy atom. The molecular formula is C15H8F6O. The molecule has 0 amide bonds. The third-order valence-corrected chi connectivity index (χ3v) is 3.15. The van der Waals surface area contributed by atoms with Crippen molar-refractivity contribution in [1.29, 1.82) is 0 Å².